The molecule has 3 nitrogen and oxygen atoms in total. The Morgan fingerprint density at radius 1 is 1.41 bits per heavy atom. The van der Waals surface area contributed by atoms with Crippen LogP contribution in [0.2, 0.25) is 5.02 Å². The summed E-state index contributed by atoms with van der Waals surface area (Å²) in [6.07, 6.45) is 0.841. The molecule has 0 aliphatic carbocycles. The molecular weight excluding hydrogens is 236 g/mol. The molecule has 1 atom stereocenters. The van der Waals surface area contributed by atoms with Crippen LogP contribution in [0.3, 0.4) is 0 Å². The molecule has 0 aliphatic heterocycles. The van der Waals surface area contributed by atoms with Crippen LogP contribution in [0.5, 0.6) is 0 Å². The monoisotopic (exact) mass is 250 g/mol. The Hall–Kier alpha value is -1.32. The minimum Gasteiger partial charge on any atom is -0.382 e. The second-order valence-corrected chi connectivity index (χ2v) is 4.36. The molecule has 0 amide bonds. The first-order valence-electron chi connectivity index (χ1n) is 5.60. The molecule has 0 saturated heterocycles. The van der Waals surface area contributed by atoms with Gasteiger partial charge in [0, 0.05) is 6.54 Å². The molecule has 2 aromatic rings. The van der Waals surface area contributed by atoms with E-state index in [0.29, 0.717) is 17.3 Å². The fourth-order valence-electron chi connectivity index (χ4n) is 1.94. The Morgan fingerprint density at radius 2 is 2.12 bits per heavy atom. The molecule has 1 N–H and O–H groups in total. The van der Waals surface area contributed by atoms with E-state index in [1.807, 2.05) is 38.1 Å². The van der Waals surface area contributed by atoms with Crippen LogP contribution in [0.25, 0.3) is 0 Å². The highest BCUT2D eigenvalue weighted by atomic mass is 35.5. The van der Waals surface area contributed by atoms with E-state index in [1.54, 1.807) is 10.9 Å². The van der Waals surface area contributed by atoms with Crippen LogP contribution in [0.4, 0.5) is 0 Å². The predicted molar refractivity (Wildman–Crippen MR) is 68.2 cm³/mol. The number of aryl methyl sites for hydroxylation is 2. The summed E-state index contributed by atoms with van der Waals surface area (Å²) < 4.78 is 1.72. The topological polar surface area (TPSA) is 38.0 Å². The average molecular weight is 251 g/mol. The van der Waals surface area contributed by atoms with E-state index in [1.165, 1.54) is 0 Å². The van der Waals surface area contributed by atoms with Crippen LogP contribution in [-0.4, -0.2) is 14.9 Å². The molecular formula is C13H15ClN2O. The summed E-state index contributed by atoms with van der Waals surface area (Å²) in [6, 6.07) is 7.73. The Labute approximate surface area is 106 Å². The summed E-state index contributed by atoms with van der Waals surface area (Å²) in [6.45, 7) is 4.63. The fourth-order valence-corrected chi connectivity index (χ4v) is 2.18. The third kappa shape index (κ3) is 2.21. The molecule has 2 rings (SSSR count). The van der Waals surface area contributed by atoms with Gasteiger partial charge in [-0.3, -0.25) is 4.68 Å². The van der Waals surface area contributed by atoms with Crippen molar-refractivity contribution >= 4 is 11.6 Å². The van der Waals surface area contributed by atoms with E-state index in [9.17, 15) is 5.11 Å². The van der Waals surface area contributed by atoms with Gasteiger partial charge in [-0.05, 0) is 25.0 Å². The van der Waals surface area contributed by atoms with Crippen LogP contribution in [0.1, 0.15) is 29.8 Å². The molecule has 1 unspecified atom stereocenters. The van der Waals surface area contributed by atoms with Crippen molar-refractivity contribution in [2.24, 2.45) is 0 Å². The Balaban J connectivity index is 2.47. The van der Waals surface area contributed by atoms with Crippen LogP contribution in [0, 0.1) is 6.92 Å². The van der Waals surface area contributed by atoms with Gasteiger partial charge in [0.2, 0.25) is 0 Å². The summed E-state index contributed by atoms with van der Waals surface area (Å²) in [5, 5.41) is 15.0. The summed E-state index contributed by atoms with van der Waals surface area (Å²) in [5.41, 5.74) is 2.56. The molecule has 90 valence electrons. The maximum atomic E-state index is 10.4. The second kappa shape index (κ2) is 4.90. The van der Waals surface area contributed by atoms with Crippen LogP contribution in [-0.2, 0) is 6.54 Å². The van der Waals surface area contributed by atoms with Gasteiger partial charge in [-0.25, -0.2) is 0 Å². The lowest BCUT2D eigenvalue weighted by atomic mass is 10.0. The van der Waals surface area contributed by atoms with Crippen molar-refractivity contribution in [2.45, 2.75) is 26.5 Å². The van der Waals surface area contributed by atoms with Gasteiger partial charge in [0.15, 0.2) is 0 Å². The molecule has 1 aromatic carbocycles. The molecule has 1 heterocycles. The molecule has 0 fully saturated rings. The largest absolute Gasteiger partial charge is 0.382 e. The molecule has 4 heteroatoms. The highest BCUT2D eigenvalue weighted by Gasteiger charge is 2.20. The first kappa shape index (κ1) is 12.1. The van der Waals surface area contributed by atoms with Crippen molar-refractivity contribution in [1.82, 2.24) is 9.78 Å². The minimum absolute atomic E-state index is 0.502. The summed E-state index contributed by atoms with van der Waals surface area (Å²) in [4.78, 5) is 0. The lowest BCUT2D eigenvalue weighted by Crippen LogP contribution is -2.10. The zero-order valence-corrected chi connectivity index (χ0v) is 10.6. The molecule has 1 aromatic heterocycles. The quantitative estimate of drug-likeness (QED) is 0.910. The number of rotatable bonds is 3. The molecule has 0 saturated carbocycles. The normalized spacial score (nSPS) is 12.7. The Kier molecular flexibility index (Phi) is 3.50. The van der Waals surface area contributed by atoms with E-state index in [2.05, 4.69) is 5.10 Å². The average Bonchev–Trinajstić information content (AvgIpc) is 2.70. The maximum absolute atomic E-state index is 10.4. The van der Waals surface area contributed by atoms with Crippen LogP contribution in [0.15, 0.2) is 30.5 Å². The van der Waals surface area contributed by atoms with Gasteiger partial charge in [-0.1, -0.05) is 35.9 Å². The molecule has 0 bridgehead atoms. The van der Waals surface area contributed by atoms with Crippen LogP contribution >= 0.6 is 11.6 Å². The van der Waals surface area contributed by atoms with Crippen molar-refractivity contribution in [3.8, 4) is 0 Å². The Bertz CT molecular complexity index is 522. The van der Waals surface area contributed by atoms with Crippen molar-refractivity contribution in [3.05, 3.63) is 52.3 Å². The number of benzene rings is 1. The molecule has 0 aliphatic rings. The zero-order chi connectivity index (χ0) is 12.4. The van der Waals surface area contributed by atoms with Crippen LogP contribution < -0.4 is 0 Å². The van der Waals surface area contributed by atoms with Gasteiger partial charge in [-0.2, -0.15) is 5.10 Å². The first-order chi connectivity index (χ1) is 8.15. The van der Waals surface area contributed by atoms with Gasteiger partial charge in [0.1, 0.15) is 6.10 Å². The highest BCUT2D eigenvalue weighted by Crippen LogP contribution is 2.29. The smallest absolute Gasteiger partial charge is 0.122 e. The Morgan fingerprint density at radius 3 is 2.76 bits per heavy atom. The van der Waals surface area contributed by atoms with Crippen molar-refractivity contribution < 1.29 is 5.11 Å². The number of aromatic nitrogens is 2. The minimum atomic E-state index is -0.730. The number of hydrogen-bond donors (Lipinski definition) is 1. The van der Waals surface area contributed by atoms with Gasteiger partial charge in [0.05, 0.1) is 16.9 Å². The van der Waals surface area contributed by atoms with Crippen molar-refractivity contribution in [3.63, 3.8) is 0 Å². The summed E-state index contributed by atoms with van der Waals surface area (Å²) in [7, 11) is 0. The van der Waals surface area contributed by atoms with Crippen molar-refractivity contribution in [1.29, 1.82) is 0 Å². The fraction of sp³-hybridized carbons (Fsp3) is 0.308. The molecule has 0 spiro atoms. The highest BCUT2D eigenvalue weighted by molar-refractivity contribution is 6.31. The number of halogens is 1. The number of nitrogens with zero attached hydrogens (tertiary/aromatic N) is 2. The second-order valence-electron chi connectivity index (χ2n) is 3.95. The predicted octanol–water partition coefficient (Wildman–Crippen LogP) is 2.95. The van der Waals surface area contributed by atoms with E-state index in [-0.39, 0.29) is 0 Å². The third-order valence-electron chi connectivity index (χ3n) is 2.87. The van der Waals surface area contributed by atoms with E-state index in [4.69, 9.17) is 11.6 Å². The number of hydrogen-bond acceptors (Lipinski definition) is 2. The number of aliphatic hydroxyl groups is 1. The maximum Gasteiger partial charge on any atom is 0.122 e. The van der Waals surface area contributed by atoms with Gasteiger partial charge >= 0.3 is 0 Å². The SMILES string of the molecule is CCn1ncc(Cl)c1C(O)c1ccccc1C. The van der Waals surface area contributed by atoms with Gasteiger partial charge < -0.3 is 5.11 Å². The van der Waals surface area contributed by atoms with Gasteiger partial charge in [-0.15, -0.1) is 0 Å². The summed E-state index contributed by atoms with van der Waals surface area (Å²) in [5.74, 6) is 0. The summed E-state index contributed by atoms with van der Waals surface area (Å²) >= 11 is 6.08. The lowest BCUT2D eigenvalue weighted by molar-refractivity contribution is 0.207. The third-order valence-corrected chi connectivity index (χ3v) is 3.17. The van der Waals surface area contributed by atoms with E-state index >= 15 is 0 Å². The zero-order valence-electron chi connectivity index (χ0n) is 9.89. The molecule has 17 heavy (non-hydrogen) atoms. The van der Waals surface area contributed by atoms with E-state index < -0.39 is 6.10 Å². The van der Waals surface area contributed by atoms with Crippen molar-refractivity contribution in [2.75, 3.05) is 0 Å². The first-order valence-corrected chi connectivity index (χ1v) is 5.97. The number of aliphatic hydroxyl groups excluding tert-OH is 1. The molecule has 0 radical (unpaired) electrons. The van der Waals surface area contributed by atoms with Gasteiger partial charge in [0.25, 0.3) is 0 Å². The lowest BCUT2D eigenvalue weighted by Gasteiger charge is -2.15. The standard InChI is InChI=1S/C13H15ClN2O/c1-3-16-12(11(14)8-15-16)13(17)10-7-5-4-6-9(10)2/h4-8,13,17H,3H2,1-2H3. The van der Waals surface area contributed by atoms with E-state index in [0.717, 1.165) is 11.1 Å².